The first-order valence-corrected chi connectivity index (χ1v) is 6.68. The molecule has 2 aromatic rings. The van der Waals surface area contributed by atoms with E-state index >= 15 is 0 Å². The topological polar surface area (TPSA) is 54.0 Å². The maximum atomic E-state index is 11.8. The number of benzene rings is 1. The van der Waals surface area contributed by atoms with Gasteiger partial charge in [0.1, 0.15) is 5.82 Å². The first kappa shape index (κ1) is 13.8. The number of urea groups is 1. The summed E-state index contributed by atoms with van der Waals surface area (Å²) in [5.74, 6) is 0.493. The zero-order chi connectivity index (χ0) is 13.8. The first-order valence-electron chi connectivity index (χ1n) is 5.51. The van der Waals surface area contributed by atoms with Crippen LogP contribution in [0, 0.1) is 6.92 Å². The maximum Gasteiger partial charge on any atom is 0.324 e. The quantitative estimate of drug-likeness (QED) is 0.848. The highest BCUT2D eigenvalue weighted by molar-refractivity contribution is 9.10. The van der Waals surface area contributed by atoms with Crippen LogP contribution in [0.1, 0.15) is 5.69 Å². The third-order valence-electron chi connectivity index (χ3n) is 2.37. The minimum Gasteiger partial charge on any atom is -0.308 e. The van der Waals surface area contributed by atoms with Gasteiger partial charge in [-0.3, -0.25) is 5.32 Å². The molecule has 0 saturated carbocycles. The SMILES string of the molecule is Cc1nc(NC(=O)Nc2ccc(Cl)cc2)ccc1Br. The average Bonchev–Trinajstić information content (AvgIpc) is 2.37. The molecule has 0 atom stereocenters. The second kappa shape index (κ2) is 6.04. The van der Waals surface area contributed by atoms with Crippen molar-refractivity contribution in [3.63, 3.8) is 0 Å². The summed E-state index contributed by atoms with van der Waals surface area (Å²) in [6, 6.07) is 10.1. The van der Waals surface area contributed by atoms with E-state index in [1.165, 1.54) is 0 Å². The van der Waals surface area contributed by atoms with E-state index in [4.69, 9.17) is 11.6 Å². The number of carbonyl (C=O) groups is 1. The molecule has 19 heavy (non-hydrogen) atoms. The van der Waals surface area contributed by atoms with E-state index in [0.717, 1.165) is 10.2 Å². The molecule has 0 radical (unpaired) electrons. The largest absolute Gasteiger partial charge is 0.324 e. The lowest BCUT2D eigenvalue weighted by Crippen LogP contribution is -2.20. The lowest BCUT2D eigenvalue weighted by atomic mass is 10.3. The molecule has 6 heteroatoms. The minimum absolute atomic E-state index is 0.350. The van der Waals surface area contributed by atoms with Crippen molar-refractivity contribution in [2.24, 2.45) is 0 Å². The highest BCUT2D eigenvalue weighted by Crippen LogP contribution is 2.17. The van der Waals surface area contributed by atoms with Crippen molar-refractivity contribution in [2.45, 2.75) is 6.92 Å². The third kappa shape index (κ3) is 3.94. The molecule has 1 heterocycles. The summed E-state index contributed by atoms with van der Waals surface area (Å²) in [7, 11) is 0. The molecule has 2 rings (SSSR count). The second-order valence-electron chi connectivity index (χ2n) is 3.85. The van der Waals surface area contributed by atoms with Crippen LogP contribution in [-0.2, 0) is 0 Å². The molecule has 4 nitrogen and oxygen atoms in total. The van der Waals surface area contributed by atoms with Gasteiger partial charge in [-0.2, -0.15) is 0 Å². The Balaban J connectivity index is 2.01. The minimum atomic E-state index is -0.350. The summed E-state index contributed by atoms with van der Waals surface area (Å²) in [5.41, 5.74) is 1.47. The van der Waals surface area contributed by atoms with Crippen molar-refractivity contribution in [2.75, 3.05) is 10.6 Å². The molecule has 0 fully saturated rings. The van der Waals surface area contributed by atoms with E-state index in [0.29, 0.717) is 16.5 Å². The molecule has 2 N–H and O–H groups in total. The fourth-order valence-corrected chi connectivity index (χ4v) is 1.77. The Labute approximate surface area is 124 Å². The van der Waals surface area contributed by atoms with Crippen molar-refractivity contribution < 1.29 is 4.79 Å². The van der Waals surface area contributed by atoms with Crippen LogP contribution >= 0.6 is 27.5 Å². The van der Waals surface area contributed by atoms with Crippen LogP contribution in [-0.4, -0.2) is 11.0 Å². The zero-order valence-electron chi connectivity index (χ0n) is 10.1. The zero-order valence-corrected chi connectivity index (χ0v) is 12.4. The third-order valence-corrected chi connectivity index (χ3v) is 3.46. The number of aromatic nitrogens is 1. The standard InChI is InChI=1S/C13H11BrClN3O/c1-8-11(14)6-7-12(16-8)18-13(19)17-10-4-2-9(15)3-5-10/h2-7H,1H3,(H2,16,17,18,19). The lowest BCUT2D eigenvalue weighted by molar-refractivity contribution is 0.262. The number of anilines is 2. The highest BCUT2D eigenvalue weighted by Gasteiger charge is 2.05. The average molecular weight is 341 g/mol. The van der Waals surface area contributed by atoms with Gasteiger partial charge in [-0.05, 0) is 59.3 Å². The molecule has 0 aliphatic heterocycles. The Morgan fingerprint density at radius 2 is 1.84 bits per heavy atom. The Morgan fingerprint density at radius 1 is 1.16 bits per heavy atom. The summed E-state index contributed by atoms with van der Waals surface area (Å²) in [6.07, 6.45) is 0. The molecule has 0 spiro atoms. The van der Waals surface area contributed by atoms with E-state index in [1.54, 1.807) is 30.3 Å². The van der Waals surface area contributed by atoms with Crippen LogP contribution in [0.4, 0.5) is 16.3 Å². The Hall–Kier alpha value is -1.59. The highest BCUT2D eigenvalue weighted by atomic mass is 79.9. The van der Waals surface area contributed by atoms with Gasteiger partial charge in [0.25, 0.3) is 0 Å². The number of carbonyl (C=O) groups excluding carboxylic acids is 1. The lowest BCUT2D eigenvalue weighted by Gasteiger charge is -2.08. The number of pyridine rings is 1. The van der Waals surface area contributed by atoms with Crippen LogP contribution in [0.5, 0.6) is 0 Å². The van der Waals surface area contributed by atoms with E-state index < -0.39 is 0 Å². The molecule has 2 amide bonds. The summed E-state index contributed by atoms with van der Waals surface area (Å²) in [5, 5.41) is 5.97. The van der Waals surface area contributed by atoms with E-state index in [2.05, 4.69) is 31.5 Å². The molecule has 1 aromatic heterocycles. The van der Waals surface area contributed by atoms with E-state index in [9.17, 15) is 4.79 Å². The van der Waals surface area contributed by atoms with Gasteiger partial charge in [-0.15, -0.1) is 0 Å². The Kier molecular flexibility index (Phi) is 4.39. The number of nitrogens with zero attached hydrogens (tertiary/aromatic N) is 1. The van der Waals surface area contributed by atoms with Crippen LogP contribution in [0.25, 0.3) is 0 Å². The van der Waals surface area contributed by atoms with Crippen molar-refractivity contribution in [3.8, 4) is 0 Å². The van der Waals surface area contributed by atoms with E-state index in [-0.39, 0.29) is 6.03 Å². The van der Waals surface area contributed by atoms with E-state index in [1.807, 2.05) is 13.0 Å². The van der Waals surface area contributed by atoms with Gasteiger partial charge in [0.2, 0.25) is 0 Å². The fourth-order valence-electron chi connectivity index (χ4n) is 1.43. The first-order chi connectivity index (χ1) is 9.04. The molecular weight excluding hydrogens is 330 g/mol. The fraction of sp³-hybridized carbons (Fsp3) is 0.0769. The summed E-state index contributed by atoms with van der Waals surface area (Å²) in [4.78, 5) is 16.0. The molecule has 0 aliphatic rings. The van der Waals surface area contributed by atoms with Crippen molar-refractivity contribution in [1.82, 2.24) is 4.98 Å². The summed E-state index contributed by atoms with van der Waals surface area (Å²) >= 11 is 9.12. The molecule has 0 bridgehead atoms. The van der Waals surface area contributed by atoms with Crippen LogP contribution in [0.3, 0.4) is 0 Å². The number of rotatable bonds is 2. The number of hydrogen-bond donors (Lipinski definition) is 2. The number of nitrogens with one attached hydrogen (secondary N) is 2. The molecule has 0 saturated heterocycles. The predicted molar refractivity (Wildman–Crippen MR) is 80.8 cm³/mol. The number of aryl methyl sites for hydroxylation is 1. The van der Waals surface area contributed by atoms with Gasteiger partial charge < -0.3 is 5.32 Å². The summed E-state index contributed by atoms with van der Waals surface area (Å²) < 4.78 is 0.899. The maximum absolute atomic E-state index is 11.8. The van der Waals surface area contributed by atoms with Crippen LogP contribution in [0.15, 0.2) is 40.9 Å². The van der Waals surface area contributed by atoms with Crippen molar-refractivity contribution >= 4 is 45.1 Å². The molecule has 1 aromatic carbocycles. The molecule has 0 unspecified atom stereocenters. The van der Waals surface area contributed by atoms with Gasteiger partial charge in [-0.1, -0.05) is 11.6 Å². The van der Waals surface area contributed by atoms with Gasteiger partial charge in [-0.25, -0.2) is 9.78 Å². The molecule has 0 aliphatic carbocycles. The Morgan fingerprint density at radius 3 is 2.47 bits per heavy atom. The summed E-state index contributed by atoms with van der Waals surface area (Å²) in [6.45, 7) is 1.85. The normalized spacial score (nSPS) is 10.1. The number of halogens is 2. The van der Waals surface area contributed by atoms with Gasteiger partial charge in [0.05, 0.1) is 5.69 Å². The molecular formula is C13H11BrClN3O. The van der Waals surface area contributed by atoms with Gasteiger partial charge in [0, 0.05) is 15.2 Å². The van der Waals surface area contributed by atoms with Crippen LogP contribution < -0.4 is 10.6 Å². The second-order valence-corrected chi connectivity index (χ2v) is 5.14. The van der Waals surface area contributed by atoms with Gasteiger partial charge in [0.15, 0.2) is 0 Å². The predicted octanol–water partition coefficient (Wildman–Crippen LogP) is 4.45. The van der Waals surface area contributed by atoms with Crippen LogP contribution in [0.2, 0.25) is 5.02 Å². The monoisotopic (exact) mass is 339 g/mol. The van der Waals surface area contributed by atoms with Crippen molar-refractivity contribution in [1.29, 1.82) is 0 Å². The smallest absolute Gasteiger partial charge is 0.308 e. The number of hydrogen-bond acceptors (Lipinski definition) is 2. The van der Waals surface area contributed by atoms with Crippen molar-refractivity contribution in [3.05, 3.63) is 51.6 Å². The van der Waals surface area contributed by atoms with Gasteiger partial charge >= 0.3 is 6.03 Å². The molecule has 98 valence electrons. The Bertz CT molecular complexity index is 601. The number of amides is 2.